The number of nitrogens with one attached hydrogen (secondary N) is 1. The van der Waals surface area contributed by atoms with Crippen molar-refractivity contribution in [3.63, 3.8) is 0 Å². The van der Waals surface area contributed by atoms with Gasteiger partial charge >= 0.3 is 0 Å². The van der Waals surface area contributed by atoms with Gasteiger partial charge in [-0.2, -0.15) is 9.78 Å². The van der Waals surface area contributed by atoms with Gasteiger partial charge in [0.15, 0.2) is 23.9 Å². The summed E-state index contributed by atoms with van der Waals surface area (Å²) in [4.78, 5) is 30.8. The van der Waals surface area contributed by atoms with Crippen LogP contribution in [0.2, 0.25) is 5.02 Å². The van der Waals surface area contributed by atoms with Crippen molar-refractivity contribution in [1.82, 2.24) is 9.66 Å². The Morgan fingerprint density at radius 2 is 1.86 bits per heavy atom. The molecule has 1 amide bonds. The summed E-state index contributed by atoms with van der Waals surface area (Å²) in [5, 5.41) is 9.09. The molecular formula is C32H21Br2ClN4O5. The maximum Gasteiger partial charge on any atom is 0.282 e. The zero-order valence-electron chi connectivity index (χ0n) is 22.9. The number of benzene rings is 4. The van der Waals surface area contributed by atoms with Crippen LogP contribution in [0.25, 0.3) is 33.5 Å². The highest BCUT2D eigenvalue weighted by molar-refractivity contribution is 9.10. The second kappa shape index (κ2) is 12.7. The fraction of sp³-hybridized carbons (Fsp3) is 0.0625. The van der Waals surface area contributed by atoms with Crippen molar-refractivity contribution in [2.75, 3.05) is 19.0 Å². The van der Waals surface area contributed by atoms with Crippen LogP contribution in [0.4, 0.5) is 5.69 Å². The van der Waals surface area contributed by atoms with Gasteiger partial charge in [0, 0.05) is 20.6 Å². The number of rotatable bonds is 8. The van der Waals surface area contributed by atoms with E-state index in [1.54, 1.807) is 54.6 Å². The molecule has 0 bridgehead atoms. The van der Waals surface area contributed by atoms with Gasteiger partial charge in [-0.15, -0.1) is 0 Å². The number of para-hydroxylation sites is 1. The third kappa shape index (κ3) is 6.26. The van der Waals surface area contributed by atoms with Crippen molar-refractivity contribution < 1.29 is 18.7 Å². The molecule has 0 fully saturated rings. The summed E-state index contributed by atoms with van der Waals surface area (Å²) in [6.45, 7) is -0.263. The first kappa shape index (κ1) is 29.6. The van der Waals surface area contributed by atoms with Gasteiger partial charge in [0.05, 0.1) is 28.7 Å². The Morgan fingerprint density at radius 3 is 2.66 bits per heavy atom. The summed E-state index contributed by atoms with van der Waals surface area (Å²) in [6.07, 6.45) is 1.50. The molecule has 220 valence electrons. The minimum atomic E-state index is -0.361. The molecule has 1 N–H and O–H groups in total. The van der Waals surface area contributed by atoms with E-state index in [-0.39, 0.29) is 23.9 Å². The Labute approximate surface area is 272 Å². The molecule has 0 aliphatic rings. The molecule has 2 heterocycles. The second-order valence-corrected chi connectivity index (χ2v) is 11.7. The van der Waals surface area contributed by atoms with Gasteiger partial charge in [0.2, 0.25) is 5.82 Å². The topological polar surface area (TPSA) is 108 Å². The van der Waals surface area contributed by atoms with Crippen LogP contribution in [0, 0.1) is 0 Å². The van der Waals surface area contributed by atoms with Gasteiger partial charge in [-0.1, -0.05) is 39.7 Å². The highest BCUT2D eigenvalue weighted by Crippen LogP contribution is 2.36. The van der Waals surface area contributed by atoms with E-state index in [0.717, 1.165) is 9.86 Å². The highest BCUT2D eigenvalue weighted by atomic mass is 79.9. The number of anilines is 1. The van der Waals surface area contributed by atoms with E-state index in [2.05, 4.69) is 42.3 Å². The number of aromatic nitrogens is 2. The molecule has 2 aromatic heterocycles. The summed E-state index contributed by atoms with van der Waals surface area (Å²) in [5.74, 6) is 0.953. The first-order valence-corrected chi connectivity index (χ1v) is 15.1. The van der Waals surface area contributed by atoms with Crippen molar-refractivity contribution in [1.29, 1.82) is 0 Å². The number of nitrogens with zero attached hydrogens (tertiary/aromatic N) is 3. The van der Waals surface area contributed by atoms with E-state index in [0.29, 0.717) is 54.5 Å². The van der Waals surface area contributed by atoms with E-state index < -0.39 is 0 Å². The monoisotopic (exact) mass is 734 g/mol. The van der Waals surface area contributed by atoms with Gasteiger partial charge in [-0.25, -0.2) is 4.98 Å². The van der Waals surface area contributed by atoms with E-state index in [1.807, 2.05) is 30.3 Å². The Bertz CT molecular complexity index is 2130. The van der Waals surface area contributed by atoms with E-state index in [1.165, 1.54) is 18.0 Å². The fourth-order valence-corrected chi connectivity index (χ4v) is 5.54. The molecule has 0 aliphatic carbocycles. The van der Waals surface area contributed by atoms with Crippen molar-refractivity contribution >= 4 is 83.1 Å². The summed E-state index contributed by atoms with van der Waals surface area (Å²) < 4.78 is 20.0. The summed E-state index contributed by atoms with van der Waals surface area (Å²) in [5.41, 5.74) is 1.99. The van der Waals surface area contributed by atoms with Crippen molar-refractivity contribution in [3.05, 3.63) is 115 Å². The molecule has 0 spiro atoms. The van der Waals surface area contributed by atoms with Gasteiger partial charge in [0.25, 0.3) is 11.5 Å². The molecule has 0 saturated heterocycles. The predicted molar refractivity (Wildman–Crippen MR) is 178 cm³/mol. The molecule has 0 aliphatic heterocycles. The number of carbonyl (C=O) groups excluding carboxylic acids is 1. The molecule has 0 atom stereocenters. The van der Waals surface area contributed by atoms with Gasteiger partial charge in [-0.05, 0) is 94.3 Å². The lowest BCUT2D eigenvalue weighted by atomic mass is 10.2. The maximum atomic E-state index is 13.6. The lowest BCUT2D eigenvalue weighted by Gasteiger charge is -2.13. The Hall–Kier alpha value is -4.45. The molecule has 6 aromatic rings. The first-order chi connectivity index (χ1) is 21.3. The van der Waals surface area contributed by atoms with Crippen LogP contribution in [0.3, 0.4) is 0 Å². The summed E-state index contributed by atoms with van der Waals surface area (Å²) >= 11 is 12.9. The van der Waals surface area contributed by atoms with Crippen LogP contribution in [0.5, 0.6) is 11.5 Å². The minimum Gasteiger partial charge on any atom is -0.493 e. The Kier molecular flexibility index (Phi) is 8.51. The molecule has 4 aromatic carbocycles. The second-order valence-electron chi connectivity index (χ2n) is 9.48. The molecule has 0 radical (unpaired) electrons. The first-order valence-electron chi connectivity index (χ1n) is 13.1. The van der Waals surface area contributed by atoms with Gasteiger partial charge in [0.1, 0.15) is 5.58 Å². The number of carbonyl (C=O) groups is 1. The van der Waals surface area contributed by atoms with Gasteiger partial charge in [-0.3, -0.25) is 9.59 Å². The summed E-state index contributed by atoms with van der Waals surface area (Å²) in [6, 6.07) is 24.7. The van der Waals surface area contributed by atoms with E-state index >= 15 is 0 Å². The molecule has 44 heavy (non-hydrogen) atoms. The van der Waals surface area contributed by atoms with Crippen LogP contribution in [0.1, 0.15) is 5.56 Å². The maximum absolute atomic E-state index is 13.6. The van der Waals surface area contributed by atoms with Crippen LogP contribution in [-0.2, 0) is 4.79 Å². The molecule has 0 unspecified atom stereocenters. The minimum absolute atomic E-state index is 0.245. The SMILES string of the molecule is COc1cc(C=Nn2c(-c3cc4cc(Br)ccc4o3)nc3ccccc3c2=O)cc(Br)c1OCC(=O)Nc1ccc(Cl)cc1. The van der Waals surface area contributed by atoms with Crippen molar-refractivity contribution in [2.24, 2.45) is 5.10 Å². The molecule has 9 nitrogen and oxygen atoms in total. The lowest BCUT2D eigenvalue weighted by Crippen LogP contribution is -2.20. The van der Waals surface area contributed by atoms with Crippen LogP contribution in [0.15, 0.2) is 108 Å². The average molecular weight is 737 g/mol. The fourth-order valence-electron chi connectivity index (χ4n) is 4.46. The number of furan rings is 1. The zero-order valence-corrected chi connectivity index (χ0v) is 26.8. The van der Waals surface area contributed by atoms with Crippen molar-refractivity contribution in [3.8, 4) is 23.1 Å². The standard InChI is InChI=1S/C32H21Br2ClN4O5/c1-42-27-13-18(12-24(34)30(27)43-17-29(40)37-22-9-7-21(35)8-10-22)16-36-39-31(38-25-5-3-2-4-23(25)32(39)41)28-15-19-14-20(33)6-11-26(19)44-28/h2-16H,17H2,1H3,(H,37,40). The molecular weight excluding hydrogens is 716 g/mol. The van der Waals surface area contributed by atoms with Crippen molar-refractivity contribution in [2.45, 2.75) is 0 Å². The number of amides is 1. The normalized spacial score (nSPS) is 11.4. The number of hydrogen-bond acceptors (Lipinski definition) is 7. The van der Waals surface area contributed by atoms with E-state index in [9.17, 15) is 9.59 Å². The quantitative estimate of drug-likeness (QED) is 0.159. The molecule has 6 rings (SSSR count). The number of ether oxygens (including phenoxy) is 2. The zero-order chi connectivity index (χ0) is 30.8. The molecule has 12 heteroatoms. The molecule has 0 saturated carbocycles. The summed E-state index contributed by atoms with van der Waals surface area (Å²) in [7, 11) is 1.49. The van der Waals surface area contributed by atoms with E-state index in [4.69, 9.17) is 30.5 Å². The smallest absolute Gasteiger partial charge is 0.282 e. The average Bonchev–Trinajstić information content (AvgIpc) is 3.44. The number of methoxy groups -OCH3 is 1. The third-order valence-electron chi connectivity index (χ3n) is 6.50. The number of hydrogen-bond donors (Lipinski definition) is 1. The third-order valence-corrected chi connectivity index (χ3v) is 7.84. The van der Waals surface area contributed by atoms with Crippen LogP contribution < -0.4 is 20.3 Å². The largest absolute Gasteiger partial charge is 0.493 e. The lowest BCUT2D eigenvalue weighted by molar-refractivity contribution is -0.118. The van der Waals surface area contributed by atoms with Crippen LogP contribution >= 0.6 is 43.5 Å². The number of halogens is 3. The number of fused-ring (bicyclic) bond motifs is 2. The highest BCUT2D eigenvalue weighted by Gasteiger charge is 2.18. The Balaban J connectivity index is 1.31. The van der Waals surface area contributed by atoms with Gasteiger partial charge < -0.3 is 19.2 Å². The van der Waals surface area contributed by atoms with Crippen LogP contribution in [-0.4, -0.2) is 35.5 Å². The Morgan fingerprint density at radius 1 is 1.07 bits per heavy atom. The predicted octanol–water partition coefficient (Wildman–Crippen LogP) is 7.90.